The maximum atomic E-state index is 12.4. The number of carbonyl (C=O) groups excluding carboxylic acids is 2. The SMILES string of the molecule is CNCC1CCCN1C(=O)CC(C)NC(=O)C1CCCCC1.Cl. The molecular weight excluding hydrogens is 314 g/mol. The van der Waals surface area contributed by atoms with E-state index in [1.807, 2.05) is 18.9 Å². The average molecular weight is 346 g/mol. The summed E-state index contributed by atoms with van der Waals surface area (Å²) in [5.41, 5.74) is 0. The van der Waals surface area contributed by atoms with Gasteiger partial charge >= 0.3 is 0 Å². The molecule has 0 aromatic heterocycles. The number of hydrogen-bond donors (Lipinski definition) is 2. The quantitative estimate of drug-likeness (QED) is 0.775. The third-order valence-electron chi connectivity index (χ3n) is 4.98. The van der Waals surface area contributed by atoms with Crippen LogP contribution in [0.5, 0.6) is 0 Å². The van der Waals surface area contributed by atoms with E-state index in [9.17, 15) is 9.59 Å². The lowest BCUT2D eigenvalue weighted by atomic mass is 9.88. The van der Waals surface area contributed by atoms with Crippen LogP contribution in [0.2, 0.25) is 0 Å². The van der Waals surface area contributed by atoms with Gasteiger partial charge in [0.05, 0.1) is 0 Å². The molecule has 0 aromatic carbocycles. The second-order valence-corrected chi connectivity index (χ2v) is 6.89. The molecule has 0 bridgehead atoms. The van der Waals surface area contributed by atoms with Crippen molar-refractivity contribution in [3.8, 4) is 0 Å². The van der Waals surface area contributed by atoms with E-state index in [0.29, 0.717) is 12.5 Å². The molecule has 1 saturated heterocycles. The molecule has 1 saturated carbocycles. The second-order valence-electron chi connectivity index (χ2n) is 6.89. The van der Waals surface area contributed by atoms with Gasteiger partial charge in [0.15, 0.2) is 0 Å². The van der Waals surface area contributed by atoms with Crippen LogP contribution in [-0.2, 0) is 9.59 Å². The van der Waals surface area contributed by atoms with Crippen molar-refractivity contribution >= 4 is 24.2 Å². The summed E-state index contributed by atoms with van der Waals surface area (Å²) in [7, 11) is 1.92. The molecule has 1 heterocycles. The maximum absolute atomic E-state index is 12.4. The van der Waals surface area contributed by atoms with Gasteiger partial charge in [-0.1, -0.05) is 19.3 Å². The van der Waals surface area contributed by atoms with Crippen LogP contribution in [0.4, 0.5) is 0 Å². The smallest absolute Gasteiger partial charge is 0.224 e. The largest absolute Gasteiger partial charge is 0.353 e. The van der Waals surface area contributed by atoms with Gasteiger partial charge in [0.2, 0.25) is 11.8 Å². The number of rotatable bonds is 6. The summed E-state index contributed by atoms with van der Waals surface area (Å²) in [5, 5.41) is 6.21. The Morgan fingerprint density at radius 1 is 1.13 bits per heavy atom. The number of halogens is 1. The molecular formula is C17H32ClN3O2. The van der Waals surface area contributed by atoms with E-state index in [1.165, 1.54) is 6.42 Å². The Morgan fingerprint density at radius 2 is 1.83 bits per heavy atom. The maximum Gasteiger partial charge on any atom is 0.224 e. The van der Waals surface area contributed by atoms with Crippen LogP contribution in [0, 0.1) is 5.92 Å². The highest BCUT2D eigenvalue weighted by atomic mass is 35.5. The molecule has 0 aromatic rings. The van der Waals surface area contributed by atoms with E-state index in [-0.39, 0.29) is 36.2 Å². The summed E-state index contributed by atoms with van der Waals surface area (Å²) >= 11 is 0. The zero-order chi connectivity index (χ0) is 15.9. The lowest BCUT2D eigenvalue weighted by Crippen LogP contribution is -2.45. The summed E-state index contributed by atoms with van der Waals surface area (Å²) in [4.78, 5) is 26.7. The molecule has 2 amide bonds. The topological polar surface area (TPSA) is 61.4 Å². The summed E-state index contributed by atoms with van der Waals surface area (Å²) in [6.45, 7) is 3.66. The van der Waals surface area contributed by atoms with Gasteiger partial charge in [-0.25, -0.2) is 0 Å². The van der Waals surface area contributed by atoms with Crippen LogP contribution in [0.15, 0.2) is 0 Å². The van der Waals surface area contributed by atoms with Crippen LogP contribution in [0.25, 0.3) is 0 Å². The molecule has 5 nitrogen and oxygen atoms in total. The van der Waals surface area contributed by atoms with Gasteiger partial charge in [-0.15, -0.1) is 12.4 Å². The zero-order valence-electron chi connectivity index (χ0n) is 14.5. The van der Waals surface area contributed by atoms with Crippen molar-refractivity contribution in [2.45, 2.75) is 70.4 Å². The first-order valence-corrected chi connectivity index (χ1v) is 8.86. The molecule has 2 N–H and O–H groups in total. The fraction of sp³-hybridized carbons (Fsp3) is 0.882. The number of nitrogens with zero attached hydrogens (tertiary/aromatic N) is 1. The zero-order valence-corrected chi connectivity index (χ0v) is 15.3. The summed E-state index contributed by atoms with van der Waals surface area (Å²) < 4.78 is 0. The minimum absolute atomic E-state index is 0. The minimum Gasteiger partial charge on any atom is -0.353 e. The second kappa shape index (κ2) is 10.1. The Bertz CT molecular complexity index is 386. The normalized spacial score (nSPS) is 23.2. The first-order valence-electron chi connectivity index (χ1n) is 8.86. The summed E-state index contributed by atoms with van der Waals surface area (Å²) in [5.74, 6) is 0.484. The lowest BCUT2D eigenvalue weighted by Gasteiger charge is -2.27. The van der Waals surface area contributed by atoms with Gasteiger partial charge in [-0.3, -0.25) is 9.59 Å². The molecule has 0 radical (unpaired) electrons. The monoisotopic (exact) mass is 345 g/mol. The van der Waals surface area contributed by atoms with Crippen LogP contribution in [-0.4, -0.2) is 48.9 Å². The van der Waals surface area contributed by atoms with Gasteiger partial charge < -0.3 is 15.5 Å². The highest BCUT2D eigenvalue weighted by Crippen LogP contribution is 2.24. The van der Waals surface area contributed by atoms with E-state index in [2.05, 4.69) is 10.6 Å². The van der Waals surface area contributed by atoms with Gasteiger partial charge in [-0.2, -0.15) is 0 Å². The minimum atomic E-state index is -0.0715. The summed E-state index contributed by atoms with van der Waals surface area (Å²) in [6.07, 6.45) is 8.15. The first-order chi connectivity index (χ1) is 10.6. The number of nitrogens with one attached hydrogen (secondary N) is 2. The molecule has 2 atom stereocenters. The third-order valence-corrected chi connectivity index (χ3v) is 4.98. The van der Waals surface area contributed by atoms with Gasteiger partial charge in [0.25, 0.3) is 0 Å². The predicted octanol–water partition coefficient (Wildman–Crippen LogP) is 2.09. The molecule has 6 heteroatoms. The molecule has 2 aliphatic rings. The van der Waals surface area contributed by atoms with Gasteiger partial charge in [0, 0.05) is 37.5 Å². The number of carbonyl (C=O) groups is 2. The van der Waals surface area contributed by atoms with Crippen molar-refractivity contribution in [2.24, 2.45) is 5.92 Å². The van der Waals surface area contributed by atoms with Gasteiger partial charge in [0.1, 0.15) is 0 Å². The van der Waals surface area contributed by atoms with Crippen molar-refractivity contribution in [3.63, 3.8) is 0 Å². The van der Waals surface area contributed by atoms with Gasteiger partial charge in [-0.05, 0) is 39.7 Å². The number of hydrogen-bond acceptors (Lipinski definition) is 3. The Hall–Kier alpha value is -0.810. The molecule has 23 heavy (non-hydrogen) atoms. The van der Waals surface area contributed by atoms with E-state index < -0.39 is 0 Å². The molecule has 1 aliphatic heterocycles. The lowest BCUT2D eigenvalue weighted by molar-refractivity contribution is -0.133. The van der Waals surface area contributed by atoms with Crippen LogP contribution in [0.3, 0.4) is 0 Å². The fourth-order valence-corrected chi connectivity index (χ4v) is 3.77. The Kier molecular flexibility index (Phi) is 8.92. The Labute approximate surface area is 146 Å². The average Bonchev–Trinajstić information content (AvgIpc) is 2.96. The van der Waals surface area contributed by atoms with E-state index in [4.69, 9.17) is 0 Å². The van der Waals surface area contributed by atoms with Crippen LogP contribution in [0.1, 0.15) is 58.3 Å². The molecule has 0 spiro atoms. The Balaban J connectivity index is 0.00000264. The van der Waals surface area contributed by atoms with Crippen molar-refractivity contribution in [3.05, 3.63) is 0 Å². The van der Waals surface area contributed by atoms with Crippen LogP contribution >= 0.6 is 12.4 Å². The van der Waals surface area contributed by atoms with E-state index in [0.717, 1.165) is 51.6 Å². The first kappa shape index (κ1) is 20.2. The number of likely N-dealkylation sites (tertiary alicyclic amines) is 1. The molecule has 1 aliphatic carbocycles. The standard InChI is InChI=1S/C17H31N3O2.ClH/c1-13(19-17(22)14-7-4-3-5-8-14)11-16(21)20-10-6-9-15(20)12-18-2;/h13-15,18H,3-12H2,1-2H3,(H,19,22);1H. The van der Waals surface area contributed by atoms with Crippen molar-refractivity contribution in [1.29, 1.82) is 0 Å². The van der Waals surface area contributed by atoms with E-state index in [1.54, 1.807) is 0 Å². The van der Waals surface area contributed by atoms with Crippen molar-refractivity contribution in [2.75, 3.05) is 20.1 Å². The van der Waals surface area contributed by atoms with Crippen molar-refractivity contribution in [1.82, 2.24) is 15.5 Å². The molecule has 134 valence electrons. The molecule has 2 rings (SSSR count). The molecule has 2 fully saturated rings. The Morgan fingerprint density at radius 3 is 2.48 bits per heavy atom. The third kappa shape index (κ3) is 5.96. The predicted molar refractivity (Wildman–Crippen MR) is 94.7 cm³/mol. The fourth-order valence-electron chi connectivity index (χ4n) is 3.77. The highest BCUT2D eigenvalue weighted by Gasteiger charge is 2.29. The molecule has 2 unspecified atom stereocenters. The van der Waals surface area contributed by atoms with Crippen LogP contribution < -0.4 is 10.6 Å². The van der Waals surface area contributed by atoms with E-state index >= 15 is 0 Å². The summed E-state index contributed by atoms with van der Waals surface area (Å²) in [6, 6.07) is 0.247. The number of likely N-dealkylation sites (N-methyl/N-ethyl adjacent to an activating group) is 1. The highest BCUT2D eigenvalue weighted by molar-refractivity contribution is 5.85. The number of amides is 2. The van der Waals surface area contributed by atoms with Crippen molar-refractivity contribution < 1.29 is 9.59 Å².